The lowest BCUT2D eigenvalue weighted by Crippen LogP contribution is -1.98. The average molecular weight is 238 g/mol. The van der Waals surface area contributed by atoms with Gasteiger partial charge in [0, 0.05) is 6.07 Å². The van der Waals surface area contributed by atoms with Crippen molar-refractivity contribution >= 4 is 30.1 Å². The number of benzene rings is 1. The van der Waals surface area contributed by atoms with Gasteiger partial charge < -0.3 is 5.73 Å². The molecule has 0 aliphatic carbocycles. The average Bonchev–Trinajstić information content (AvgIpc) is 2.23. The Morgan fingerprint density at radius 3 is 2.81 bits per heavy atom. The fourth-order valence-electron chi connectivity index (χ4n) is 1.35. The fraction of sp³-hybridized carbons (Fsp3) is 0.273. The second kappa shape index (κ2) is 5.55. The first kappa shape index (κ1) is 12.6. The van der Waals surface area contributed by atoms with E-state index in [0.717, 1.165) is 23.3 Å². The maximum Gasteiger partial charge on any atom is 0.292 e. The zero-order valence-corrected chi connectivity index (χ0v) is 9.91. The van der Waals surface area contributed by atoms with Gasteiger partial charge in [-0.2, -0.15) is 12.6 Å². The van der Waals surface area contributed by atoms with Gasteiger partial charge in [-0.3, -0.25) is 10.1 Å². The molecular weight excluding hydrogens is 224 g/mol. The molecule has 0 aliphatic rings. The maximum absolute atomic E-state index is 10.7. The molecule has 0 unspecified atom stereocenters. The van der Waals surface area contributed by atoms with Gasteiger partial charge in [-0.05, 0) is 36.3 Å². The number of hydrogen-bond acceptors (Lipinski definition) is 4. The molecule has 1 aromatic carbocycles. The maximum atomic E-state index is 10.7. The summed E-state index contributed by atoms with van der Waals surface area (Å²) >= 11 is 4.08. The normalized spacial score (nSPS) is 10.9. The Bertz CT molecular complexity index is 430. The van der Waals surface area contributed by atoms with Crippen LogP contribution in [0.4, 0.5) is 11.4 Å². The van der Waals surface area contributed by atoms with Gasteiger partial charge >= 0.3 is 0 Å². The number of thiol groups is 1. The van der Waals surface area contributed by atoms with E-state index in [9.17, 15) is 10.1 Å². The van der Waals surface area contributed by atoms with Crippen LogP contribution in [0.3, 0.4) is 0 Å². The van der Waals surface area contributed by atoms with Crippen molar-refractivity contribution in [3.63, 3.8) is 0 Å². The Labute approximate surface area is 99.7 Å². The first-order valence-electron chi connectivity index (χ1n) is 4.88. The molecule has 5 heteroatoms. The first-order chi connectivity index (χ1) is 7.56. The van der Waals surface area contributed by atoms with Crippen LogP contribution in [-0.2, 0) is 0 Å². The van der Waals surface area contributed by atoms with Crippen molar-refractivity contribution < 1.29 is 4.92 Å². The molecule has 0 atom stereocenters. The molecule has 0 aromatic heterocycles. The Morgan fingerprint density at radius 1 is 1.56 bits per heavy atom. The molecule has 0 radical (unpaired) electrons. The molecule has 0 heterocycles. The third-order valence-corrected chi connectivity index (χ3v) is 2.45. The Hall–Kier alpha value is -1.49. The molecule has 1 aromatic rings. The van der Waals surface area contributed by atoms with Gasteiger partial charge in [0.25, 0.3) is 5.69 Å². The number of nitrogens with two attached hydrogens (primary N) is 1. The molecule has 0 fully saturated rings. The molecule has 4 nitrogen and oxygen atoms in total. The largest absolute Gasteiger partial charge is 0.393 e. The van der Waals surface area contributed by atoms with Gasteiger partial charge in [0.15, 0.2) is 0 Å². The molecular formula is C11H14N2O2S. The lowest BCUT2D eigenvalue weighted by molar-refractivity contribution is -0.383. The highest BCUT2D eigenvalue weighted by molar-refractivity contribution is 7.80. The minimum atomic E-state index is -0.460. The van der Waals surface area contributed by atoms with E-state index in [1.165, 1.54) is 6.07 Å². The lowest BCUT2D eigenvalue weighted by Gasteiger charge is -2.03. The number of hydrogen-bond donors (Lipinski definition) is 2. The van der Waals surface area contributed by atoms with Gasteiger partial charge in [0.05, 0.1) is 4.92 Å². The van der Waals surface area contributed by atoms with Crippen LogP contribution in [0, 0.1) is 17.0 Å². The minimum Gasteiger partial charge on any atom is -0.393 e. The van der Waals surface area contributed by atoms with Crippen molar-refractivity contribution in [2.24, 2.45) is 0 Å². The van der Waals surface area contributed by atoms with Crippen molar-refractivity contribution in [1.29, 1.82) is 0 Å². The zero-order valence-electron chi connectivity index (χ0n) is 9.01. The molecule has 0 saturated heterocycles. The summed E-state index contributed by atoms with van der Waals surface area (Å²) < 4.78 is 0. The van der Waals surface area contributed by atoms with Gasteiger partial charge in [-0.1, -0.05) is 12.2 Å². The zero-order chi connectivity index (χ0) is 12.1. The Balaban J connectivity index is 3.09. The quantitative estimate of drug-likeness (QED) is 0.367. The highest BCUT2D eigenvalue weighted by atomic mass is 32.1. The molecule has 86 valence electrons. The van der Waals surface area contributed by atoms with Gasteiger partial charge in [-0.25, -0.2) is 0 Å². The predicted molar refractivity (Wildman–Crippen MR) is 69.7 cm³/mol. The van der Waals surface area contributed by atoms with Gasteiger partial charge in [0.1, 0.15) is 5.69 Å². The van der Waals surface area contributed by atoms with Crippen molar-refractivity contribution in [3.05, 3.63) is 39.4 Å². The highest BCUT2D eigenvalue weighted by Gasteiger charge is 2.13. The number of nitro benzene ring substituents is 1. The van der Waals surface area contributed by atoms with E-state index < -0.39 is 4.92 Å². The number of anilines is 1. The lowest BCUT2D eigenvalue weighted by atomic mass is 10.1. The molecule has 0 amide bonds. The molecule has 0 saturated carbocycles. The third-order valence-electron chi connectivity index (χ3n) is 2.19. The summed E-state index contributed by atoms with van der Waals surface area (Å²) in [5.74, 6) is 0.756. The van der Waals surface area contributed by atoms with Gasteiger partial charge in [0.2, 0.25) is 0 Å². The van der Waals surface area contributed by atoms with Crippen LogP contribution >= 0.6 is 12.6 Å². The SMILES string of the molecule is Cc1cc(C=CCCS)cc([N+](=O)[O-])c1N. The summed E-state index contributed by atoms with van der Waals surface area (Å²) in [5, 5.41) is 10.7. The molecule has 0 bridgehead atoms. The van der Waals surface area contributed by atoms with Crippen LogP contribution in [0.2, 0.25) is 0 Å². The second-order valence-corrected chi connectivity index (χ2v) is 3.89. The number of allylic oxidation sites excluding steroid dienone is 1. The van der Waals surface area contributed by atoms with Crippen molar-refractivity contribution in [2.75, 3.05) is 11.5 Å². The van der Waals surface area contributed by atoms with Crippen LogP contribution in [0.5, 0.6) is 0 Å². The smallest absolute Gasteiger partial charge is 0.292 e. The topological polar surface area (TPSA) is 69.2 Å². The third kappa shape index (κ3) is 3.00. The van der Waals surface area contributed by atoms with E-state index in [2.05, 4.69) is 12.6 Å². The molecule has 16 heavy (non-hydrogen) atoms. The van der Waals surface area contributed by atoms with E-state index in [4.69, 9.17) is 5.73 Å². The fourth-order valence-corrected chi connectivity index (χ4v) is 1.50. The van der Waals surface area contributed by atoms with Crippen molar-refractivity contribution in [1.82, 2.24) is 0 Å². The molecule has 2 N–H and O–H groups in total. The molecule has 0 aliphatic heterocycles. The highest BCUT2D eigenvalue weighted by Crippen LogP contribution is 2.27. The second-order valence-electron chi connectivity index (χ2n) is 3.44. The first-order valence-corrected chi connectivity index (χ1v) is 5.51. The van der Waals surface area contributed by atoms with E-state index in [1.807, 2.05) is 18.2 Å². The molecule has 0 spiro atoms. The van der Waals surface area contributed by atoms with Gasteiger partial charge in [-0.15, -0.1) is 0 Å². The summed E-state index contributed by atoms with van der Waals surface area (Å²) in [6, 6.07) is 3.31. The minimum absolute atomic E-state index is 0.0366. The standard InChI is InChI=1S/C11H14N2O2S/c1-8-6-9(4-2-3-5-16)7-10(11(8)12)13(14)15/h2,4,6-7,16H,3,5,12H2,1H3. The molecule has 1 rings (SSSR count). The number of nitrogen functional groups attached to an aromatic ring is 1. The van der Waals surface area contributed by atoms with E-state index >= 15 is 0 Å². The van der Waals surface area contributed by atoms with E-state index in [0.29, 0.717) is 0 Å². The van der Waals surface area contributed by atoms with E-state index in [1.54, 1.807) is 6.92 Å². The number of rotatable bonds is 4. The Kier molecular flexibility index (Phi) is 4.37. The summed E-state index contributed by atoms with van der Waals surface area (Å²) in [6.07, 6.45) is 4.61. The van der Waals surface area contributed by atoms with Crippen molar-refractivity contribution in [3.8, 4) is 0 Å². The summed E-state index contributed by atoms with van der Waals surface area (Å²) in [7, 11) is 0. The number of aryl methyl sites for hydroxylation is 1. The summed E-state index contributed by atoms with van der Waals surface area (Å²) in [5.41, 5.74) is 7.34. The number of nitrogens with zero attached hydrogens (tertiary/aromatic N) is 1. The summed E-state index contributed by atoms with van der Waals surface area (Å²) in [4.78, 5) is 10.3. The predicted octanol–water partition coefficient (Wildman–Crippen LogP) is 2.82. The van der Waals surface area contributed by atoms with Crippen LogP contribution in [0.1, 0.15) is 17.5 Å². The van der Waals surface area contributed by atoms with E-state index in [-0.39, 0.29) is 11.4 Å². The van der Waals surface area contributed by atoms with Crippen LogP contribution in [0.15, 0.2) is 18.2 Å². The van der Waals surface area contributed by atoms with Crippen LogP contribution in [0.25, 0.3) is 6.08 Å². The van der Waals surface area contributed by atoms with Crippen LogP contribution < -0.4 is 5.73 Å². The van der Waals surface area contributed by atoms with Crippen LogP contribution in [-0.4, -0.2) is 10.7 Å². The van der Waals surface area contributed by atoms with Crippen molar-refractivity contribution in [2.45, 2.75) is 13.3 Å². The monoisotopic (exact) mass is 238 g/mol. The Morgan fingerprint density at radius 2 is 2.25 bits per heavy atom. The summed E-state index contributed by atoms with van der Waals surface area (Å²) in [6.45, 7) is 1.76. The number of nitro groups is 1.